The molecule has 0 aromatic heterocycles. The average molecular weight is 225 g/mol. The number of aliphatic carboxylic acids is 1. The zero-order valence-corrected chi connectivity index (χ0v) is 9.00. The lowest BCUT2D eigenvalue weighted by atomic mass is 10.3. The van der Waals surface area contributed by atoms with Crippen molar-refractivity contribution in [3.05, 3.63) is 0 Å². The van der Waals surface area contributed by atoms with Gasteiger partial charge in [-0.15, -0.1) is 0 Å². The van der Waals surface area contributed by atoms with Crippen molar-refractivity contribution in [2.45, 2.75) is 6.04 Å². The fraction of sp³-hybridized carbons (Fsp3) is 0.857. The van der Waals surface area contributed by atoms with Gasteiger partial charge in [-0.25, -0.2) is 8.42 Å². The Kier molecular flexibility index (Phi) is 5.66. The molecule has 0 aliphatic carbocycles. The molecule has 0 fully saturated rings. The number of rotatable bonds is 7. The summed E-state index contributed by atoms with van der Waals surface area (Å²) in [5.74, 6) is -1.14. The van der Waals surface area contributed by atoms with E-state index in [0.717, 1.165) is 6.26 Å². The molecule has 0 bridgehead atoms. The van der Waals surface area contributed by atoms with Gasteiger partial charge in [0.15, 0.2) is 0 Å². The predicted octanol–water partition coefficient (Wildman–Crippen LogP) is -1.28. The summed E-state index contributed by atoms with van der Waals surface area (Å²) in [7, 11) is -1.67. The van der Waals surface area contributed by atoms with E-state index in [-0.39, 0.29) is 18.9 Å². The van der Waals surface area contributed by atoms with Gasteiger partial charge in [-0.1, -0.05) is 0 Å². The van der Waals surface area contributed by atoms with Crippen LogP contribution in [0.3, 0.4) is 0 Å². The number of carboxylic acid groups (broad SMARTS) is 1. The summed E-state index contributed by atoms with van der Waals surface area (Å²) in [5, 5.41) is 11.2. The molecule has 0 saturated carbocycles. The molecule has 1 atom stereocenters. The summed E-state index contributed by atoms with van der Waals surface area (Å²) in [6.45, 7) is 0.123. The molecule has 0 aliphatic heterocycles. The second kappa shape index (κ2) is 5.94. The minimum absolute atomic E-state index is 0.0130. The van der Waals surface area contributed by atoms with Gasteiger partial charge >= 0.3 is 5.97 Å². The zero-order chi connectivity index (χ0) is 11.2. The molecule has 0 spiro atoms. The number of carboxylic acids is 1. The quantitative estimate of drug-likeness (QED) is 0.560. The van der Waals surface area contributed by atoms with Crippen LogP contribution in [0, 0.1) is 0 Å². The summed E-state index contributed by atoms with van der Waals surface area (Å²) in [6, 6.07) is -0.859. The first-order chi connectivity index (χ1) is 6.37. The number of sulfone groups is 1. The van der Waals surface area contributed by atoms with Gasteiger partial charge in [0.25, 0.3) is 0 Å². The lowest BCUT2D eigenvalue weighted by molar-refractivity contribution is -0.140. The SMILES string of the molecule is COCC(NCCS(C)(=O)=O)C(=O)O. The van der Waals surface area contributed by atoms with E-state index in [2.05, 4.69) is 10.1 Å². The van der Waals surface area contributed by atoms with Gasteiger partial charge in [0.05, 0.1) is 12.4 Å². The predicted molar refractivity (Wildman–Crippen MR) is 51.0 cm³/mol. The molecule has 1 unspecified atom stereocenters. The summed E-state index contributed by atoms with van der Waals surface area (Å²) in [5.41, 5.74) is 0. The number of ether oxygens (including phenoxy) is 1. The third kappa shape index (κ3) is 6.81. The van der Waals surface area contributed by atoms with Gasteiger partial charge in [0.1, 0.15) is 15.9 Å². The van der Waals surface area contributed by atoms with Crippen molar-refractivity contribution in [1.82, 2.24) is 5.32 Å². The maximum absolute atomic E-state index is 10.7. The van der Waals surface area contributed by atoms with E-state index in [0.29, 0.717) is 0 Å². The van der Waals surface area contributed by atoms with E-state index in [4.69, 9.17) is 5.11 Å². The first-order valence-corrected chi connectivity index (χ1v) is 6.05. The third-order valence-electron chi connectivity index (χ3n) is 1.50. The first-order valence-electron chi connectivity index (χ1n) is 3.99. The summed E-state index contributed by atoms with van der Waals surface area (Å²) in [4.78, 5) is 10.6. The minimum Gasteiger partial charge on any atom is -0.480 e. The summed E-state index contributed by atoms with van der Waals surface area (Å²) < 4.78 is 26.1. The van der Waals surface area contributed by atoms with Crippen LogP contribution in [0.5, 0.6) is 0 Å². The molecule has 0 aromatic rings. The van der Waals surface area contributed by atoms with Crippen molar-refractivity contribution >= 4 is 15.8 Å². The highest BCUT2D eigenvalue weighted by atomic mass is 32.2. The standard InChI is InChI=1S/C7H15NO5S/c1-13-5-6(7(9)10)8-3-4-14(2,11)12/h6,8H,3-5H2,1-2H3,(H,9,10). The number of hydrogen-bond donors (Lipinski definition) is 2. The molecule has 0 radical (unpaired) electrons. The van der Waals surface area contributed by atoms with Crippen LogP contribution in [0.4, 0.5) is 0 Å². The van der Waals surface area contributed by atoms with Crippen molar-refractivity contribution in [3.63, 3.8) is 0 Å². The lowest BCUT2D eigenvalue weighted by Gasteiger charge is -2.12. The van der Waals surface area contributed by atoms with Crippen LogP contribution in [0.15, 0.2) is 0 Å². The monoisotopic (exact) mass is 225 g/mol. The van der Waals surface area contributed by atoms with E-state index in [1.54, 1.807) is 0 Å². The van der Waals surface area contributed by atoms with E-state index in [1.807, 2.05) is 0 Å². The molecule has 0 rings (SSSR count). The van der Waals surface area contributed by atoms with Crippen LogP contribution in [-0.2, 0) is 19.4 Å². The third-order valence-corrected chi connectivity index (χ3v) is 2.44. The Hall–Kier alpha value is -0.660. The molecule has 7 heteroatoms. The van der Waals surface area contributed by atoms with Gasteiger partial charge < -0.3 is 15.2 Å². The number of nitrogens with one attached hydrogen (secondary N) is 1. The molecule has 2 N–H and O–H groups in total. The smallest absolute Gasteiger partial charge is 0.323 e. The highest BCUT2D eigenvalue weighted by molar-refractivity contribution is 7.90. The van der Waals surface area contributed by atoms with Crippen LogP contribution in [0.2, 0.25) is 0 Å². The van der Waals surface area contributed by atoms with E-state index < -0.39 is 21.8 Å². The van der Waals surface area contributed by atoms with Crippen molar-refractivity contribution in [1.29, 1.82) is 0 Å². The fourth-order valence-electron chi connectivity index (χ4n) is 0.803. The highest BCUT2D eigenvalue weighted by Gasteiger charge is 2.16. The summed E-state index contributed by atoms with van der Waals surface area (Å²) >= 11 is 0. The molecule has 0 heterocycles. The molecule has 6 nitrogen and oxygen atoms in total. The normalized spacial score (nSPS) is 13.9. The van der Waals surface area contributed by atoms with Crippen molar-refractivity contribution in [3.8, 4) is 0 Å². The van der Waals surface area contributed by atoms with Crippen LogP contribution in [0.1, 0.15) is 0 Å². The molecular formula is C7H15NO5S. The molecule has 0 aliphatic rings. The Labute approximate surface area is 83.2 Å². The maximum Gasteiger partial charge on any atom is 0.323 e. The van der Waals surface area contributed by atoms with E-state index in [9.17, 15) is 13.2 Å². The van der Waals surface area contributed by atoms with Crippen molar-refractivity contribution < 1.29 is 23.1 Å². The Morgan fingerprint density at radius 3 is 2.50 bits per heavy atom. The maximum atomic E-state index is 10.7. The van der Waals surface area contributed by atoms with Gasteiger partial charge in [-0.2, -0.15) is 0 Å². The second-order valence-electron chi connectivity index (χ2n) is 2.93. The first kappa shape index (κ1) is 13.3. The van der Waals surface area contributed by atoms with Gasteiger partial charge in [0, 0.05) is 19.9 Å². The lowest BCUT2D eigenvalue weighted by Crippen LogP contribution is -2.42. The number of hydrogen-bond acceptors (Lipinski definition) is 5. The number of carbonyl (C=O) groups is 1. The zero-order valence-electron chi connectivity index (χ0n) is 8.19. The summed E-state index contributed by atoms with van der Waals surface area (Å²) in [6.07, 6.45) is 1.10. The van der Waals surface area contributed by atoms with E-state index in [1.165, 1.54) is 7.11 Å². The number of methoxy groups -OCH3 is 1. The molecule has 0 amide bonds. The fourth-order valence-corrected chi connectivity index (χ4v) is 1.29. The van der Waals surface area contributed by atoms with Gasteiger partial charge in [-0.05, 0) is 0 Å². The molecule has 14 heavy (non-hydrogen) atoms. The Bertz CT molecular complexity index is 274. The molecule has 0 aromatic carbocycles. The van der Waals surface area contributed by atoms with Crippen molar-refractivity contribution in [2.24, 2.45) is 0 Å². The highest BCUT2D eigenvalue weighted by Crippen LogP contribution is 1.87. The van der Waals surface area contributed by atoms with Crippen LogP contribution >= 0.6 is 0 Å². The topological polar surface area (TPSA) is 92.7 Å². The Morgan fingerprint density at radius 1 is 1.57 bits per heavy atom. The van der Waals surface area contributed by atoms with Gasteiger partial charge in [-0.3, -0.25) is 4.79 Å². The largest absolute Gasteiger partial charge is 0.480 e. The van der Waals surface area contributed by atoms with Crippen molar-refractivity contribution in [2.75, 3.05) is 32.3 Å². The van der Waals surface area contributed by atoms with Crippen LogP contribution in [-0.4, -0.2) is 57.8 Å². The molecule has 0 saturated heterocycles. The van der Waals surface area contributed by atoms with Crippen LogP contribution in [0.25, 0.3) is 0 Å². The van der Waals surface area contributed by atoms with Gasteiger partial charge in [0.2, 0.25) is 0 Å². The molecule has 84 valence electrons. The second-order valence-corrected chi connectivity index (χ2v) is 5.19. The van der Waals surface area contributed by atoms with E-state index >= 15 is 0 Å². The minimum atomic E-state index is -3.06. The van der Waals surface area contributed by atoms with Crippen LogP contribution < -0.4 is 5.32 Å². The molecular weight excluding hydrogens is 210 g/mol. The Balaban J connectivity index is 3.89. The Morgan fingerprint density at radius 2 is 2.14 bits per heavy atom. The average Bonchev–Trinajstić information content (AvgIpc) is 2.00.